The second-order valence-electron chi connectivity index (χ2n) is 4.22. The molecule has 0 radical (unpaired) electrons. The van der Waals surface area contributed by atoms with Gasteiger partial charge in [0.15, 0.2) is 0 Å². The van der Waals surface area contributed by atoms with Crippen LogP contribution in [0, 0.1) is 0 Å². The third-order valence-electron chi connectivity index (χ3n) is 3.17. The number of carbonyl (C=O) groups excluding carboxylic acids is 1. The molecular formula is C11H17N3O3. The number of esters is 1. The Morgan fingerprint density at radius 2 is 2.18 bits per heavy atom. The van der Waals surface area contributed by atoms with Crippen LogP contribution in [-0.2, 0) is 22.5 Å². The van der Waals surface area contributed by atoms with Gasteiger partial charge >= 0.3 is 5.97 Å². The van der Waals surface area contributed by atoms with Gasteiger partial charge in [0.05, 0.1) is 13.7 Å². The largest absolute Gasteiger partial charge is 0.468 e. The molecule has 1 aliphatic rings. The van der Waals surface area contributed by atoms with Crippen LogP contribution in [0.15, 0.2) is 4.42 Å². The van der Waals surface area contributed by atoms with Crippen LogP contribution in [-0.4, -0.2) is 28.8 Å². The number of hydrogen-bond donors (Lipinski definition) is 1. The standard InChI is InChI=1S/C11H17N3O3/c1-3-8-13-14-9(17-8)7-12-11(5-4-6-11)10(15)16-2/h12H,3-7H2,1-2H3. The van der Waals surface area contributed by atoms with E-state index in [0.29, 0.717) is 18.3 Å². The smallest absolute Gasteiger partial charge is 0.326 e. The molecular weight excluding hydrogens is 222 g/mol. The van der Waals surface area contributed by atoms with E-state index in [1.54, 1.807) is 0 Å². The molecule has 0 unspecified atom stereocenters. The van der Waals surface area contributed by atoms with E-state index < -0.39 is 5.54 Å². The highest BCUT2D eigenvalue weighted by atomic mass is 16.5. The van der Waals surface area contributed by atoms with Gasteiger partial charge in [-0.05, 0) is 19.3 Å². The maximum atomic E-state index is 11.6. The van der Waals surface area contributed by atoms with Gasteiger partial charge < -0.3 is 9.15 Å². The van der Waals surface area contributed by atoms with Crippen LogP contribution in [0.2, 0.25) is 0 Å². The minimum atomic E-state index is -0.546. The number of aryl methyl sites for hydroxylation is 1. The van der Waals surface area contributed by atoms with Crippen LogP contribution < -0.4 is 5.32 Å². The summed E-state index contributed by atoms with van der Waals surface area (Å²) >= 11 is 0. The number of nitrogens with zero attached hydrogens (tertiary/aromatic N) is 2. The van der Waals surface area contributed by atoms with Crippen LogP contribution in [0.3, 0.4) is 0 Å². The van der Waals surface area contributed by atoms with Crippen molar-refractivity contribution in [2.45, 2.75) is 44.7 Å². The SMILES string of the molecule is CCc1nnc(CNC2(C(=O)OC)CCC2)o1. The maximum absolute atomic E-state index is 11.6. The lowest BCUT2D eigenvalue weighted by Crippen LogP contribution is -2.57. The fourth-order valence-corrected chi connectivity index (χ4v) is 1.93. The van der Waals surface area contributed by atoms with E-state index in [1.807, 2.05) is 6.92 Å². The van der Waals surface area contributed by atoms with Gasteiger partial charge in [0.2, 0.25) is 11.8 Å². The first-order valence-corrected chi connectivity index (χ1v) is 5.85. The Bertz CT molecular complexity index is 398. The van der Waals surface area contributed by atoms with E-state index in [4.69, 9.17) is 9.15 Å². The normalized spacial score (nSPS) is 17.5. The van der Waals surface area contributed by atoms with E-state index in [9.17, 15) is 4.79 Å². The summed E-state index contributed by atoms with van der Waals surface area (Å²) in [5.41, 5.74) is -0.546. The molecule has 17 heavy (non-hydrogen) atoms. The highest BCUT2D eigenvalue weighted by Crippen LogP contribution is 2.33. The molecule has 94 valence electrons. The fraction of sp³-hybridized carbons (Fsp3) is 0.727. The average molecular weight is 239 g/mol. The molecule has 0 amide bonds. The molecule has 0 saturated heterocycles. The summed E-state index contributed by atoms with van der Waals surface area (Å²) in [7, 11) is 1.41. The number of methoxy groups -OCH3 is 1. The van der Waals surface area contributed by atoms with E-state index in [1.165, 1.54) is 7.11 Å². The number of nitrogens with one attached hydrogen (secondary N) is 1. The molecule has 1 heterocycles. The number of aromatic nitrogens is 2. The van der Waals surface area contributed by atoms with Gasteiger partial charge in [-0.15, -0.1) is 10.2 Å². The summed E-state index contributed by atoms with van der Waals surface area (Å²) in [6.07, 6.45) is 3.35. The zero-order valence-corrected chi connectivity index (χ0v) is 10.2. The van der Waals surface area contributed by atoms with E-state index in [0.717, 1.165) is 25.7 Å². The molecule has 1 aromatic heterocycles. The predicted octanol–water partition coefficient (Wildman–Crippen LogP) is 0.817. The predicted molar refractivity (Wildman–Crippen MR) is 59.1 cm³/mol. The van der Waals surface area contributed by atoms with Gasteiger partial charge in [-0.3, -0.25) is 10.1 Å². The summed E-state index contributed by atoms with van der Waals surface area (Å²) < 4.78 is 10.2. The molecule has 1 aromatic rings. The minimum Gasteiger partial charge on any atom is -0.468 e. The molecule has 0 aliphatic heterocycles. The highest BCUT2D eigenvalue weighted by molar-refractivity contribution is 5.81. The average Bonchev–Trinajstić information content (AvgIpc) is 2.75. The molecule has 0 bridgehead atoms. The van der Waals surface area contributed by atoms with Crippen molar-refractivity contribution in [3.05, 3.63) is 11.8 Å². The van der Waals surface area contributed by atoms with Crippen LogP contribution in [0.5, 0.6) is 0 Å². The van der Waals surface area contributed by atoms with Gasteiger partial charge in [-0.25, -0.2) is 0 Å². The first kappa shape index (κ1) is 12.0. The monoisotopic (exact) mass is 239 g/mol. The van der Waals surface area contributed by atoms with Gasteiger partial charge in [0.1, 0.15) is 5.54 Å². The molecule has 0 spiro atoms. The van der Waals surface area contributed by atoms with Gasteiger partial charge in [-0.1, -0.05) is 6.92 Å². The molecule has 1 saturated carbocycles. The second-order valence-corrected chi connectivity index (χ2v) is 4.22. The maximum Gasteiger partial charge on any atom is 0.326 e. The van der Waals surface area contributed by atoms with Crippen LogP contribution in [0.4, 0.5) is 0 Å². The Hall–Kier alpha value is -1.43. The zero-order chi connectivity index (χ0) is 12.3. The lowest BCUT2D eigenvalue weighted by molar-refractivity contribution is -0.152. The topological polar surface area (TPSA) is 77.2 Å². The number of rotatable bonds is 5. The molecule has 6 heteroatoms. The van der Waals surface area contributed by atoms with Crippen LogP contribution in [0.1, 0.15) is 38.0 Å². The quantitative estimate of drug-likeness (QED) is 0.766. The van der Waals surface area contributed by atoms with Crippen molar-refractivity contribution >= 4 is 5.97 Å². The minimum absolute atomic E-state index is 0.209. The summed E-state index contributed by atoms with van der Waals surface area (Å²) in [4.78, 5) is 11.6. The zero-order valence-electron chi connectivity index (χ0n) is 10.2. The van der Waals surface area contributed by atoms with Gasteiger partial charge in [0, 0.05) is 6.42 Å². The third kappa shape index (κ3) is 2.31. The second kappa shape index (κ2) is 4.83. The lowest BCUT2D eigenvalue weighted by Gasteiger charge is -2.39. The van der Waals surface area contributed by atoms with Gasteiger partial charge in [-0.2, -0.15) is 0 Å². The number of ether oxygens (including phenoxy) is 1. The first-order valence-electron chi connectivity index (χ1n) is 5.85. The van der Waals surface area contributed by atoms with Crippen molar-refractivity contribution in [3.63, 3.8) is 0 Å². The number of hydrogen-bond acceptors (Lipinski definition) is 6. The Kier molecular flexibility index (Phi) is 3.42. The first-order chi connectivity index (χ1) is 8.20. The van der Waals surface area contributed by atoms with Crippen LogP contribution in [0.25, 0.3) is 0 Å². The Labute approximate surface area is 99.7 Å². The molecule has 0 atom stereocenters. The summed E-state index contributed by atoms with van der Waals surface area (Å²) in [5, 5.41) is 10.9. The van der Waals surface area contributed by atoms with Crippen molar-refractivity contribution in [1.82, 2.24) is 15.5 Å². The molecule has 2 rings (SSSR count). The van der Waals surface area contributed by atoms with E-state index in [2.05, 4.69) is 15.5 Å². The van der Waals surface area contributed by atoms with Crippen molar-refractivity contribution in [3.8, 4) is 0 Å². The summed E-state index contributed by atoms with van der Waals surface area (Å²) in [5.74, 6) is 0.915. The summed E-state index contributed by atoms with van der Waals surface area (Å²) in [6.45, 7) is 2.36. The Balaban J connectivity index is 1.94. The van der Waals surface area contributed by atoms with E-state index >= 15 is 0 Å². The molecule has 6 nitrogen and oxygen atoms in total. The Morgan fingerprint density at radius 1 is 1.47 bits per heavy atom. The van der Waals surface area contributed by atoms with Crippen molar-refractivity contribution in [2.75, 3.05) is 7.11 Å². The van der Waals surface area contributed by atoms with E-state index in [-0.39, 0.29) is 5.97 Å². The van der Waals surface area contributed by atoms with Crippen molar-refractivity contribution < 1.29 is 13.9 Å². The highest BCUT2D eigenvalue weighted by Gasteiger charge is 2.45. The van der Waals surface area contributed by atoms with Gasteiger partial charge in [0.25, 0.3) is 0 Å². The fourth-order valence-electron chi connectivity index (χ4n) is 1.93. The lowest BCUT2D eigenvalue weighted by atomic mass is 9.77. The number of carbonyl (C=O) groups is 1. The molecule has 1 fully saturated rings. The molecule has 1 N–H and O–H groups in total. The molecule has 0 aromatic carbocycles. The Morgan fingerprint density at radius 3 is 2.65 bits per heavy atom. The summed E-state index contributed by atoms with van der Waals surface area (Å²) in [6, 6.07) is 0. The molecule has 1 aliphatic carbocycles. The van der Waals surface area contributed by atoms with Crippen molar-refractivity contribution in [1.29, 1.82) is 0 Å². The third-order valence-corrected chi connectivity index (χ3v) is 3.17. The van der Waals surface area contributed by atoms with Crippen LogP contribution >= 0.6 is 0 Å². The van der Waals surface area contributed by atoms with Crippen molar-refractivity contribution in [2.24, 2.45) is 0 Å².